The lowest BCUT2D eigenvalue weighted by molar-refractivity contribution is -0.181. The van der Waals surface area contributed by atoms with Gasteiger partial charge in [0.15, 0.2) is 13.1 Å². The van der Waals surface area contributed by atoms with Gasteiger partial charge in [-0.1, -0.05) is 6.07 Å². The van der Waals surface area contributed by atoms with Crippen LogP contribution >= 0.6 is 0 Å². The second-order valence-electron chi connectivity index (χ2n) is 3.32. The third-order valence-electron chi connectivity index (χ3n) is 2.44. The molecule has 1 unspecified atom stereocenters. The smallest absolute Gasteiger partial charge is 0.194 e. The lowest BCUT2D eigenvalue weighted by atomic mass is 10.1. The van der Waals surface area contributed by atoms with Crippen LogP contribution in [-0.4, -0.2) is 21.0 Å². The molecule has 15 heavy (non-hydrogen) atoms. The van der Waals surface area contributed by atoms with Crippen LogP contribution in [0.3, 0.4) is 0 Å². The summed E-state index contributed by atoms with van der Waals surface area (Å²) >= 11 is 0. The van der Waals surface area contributed by atoms with Crippen LogP contribution in [0.25, 0.3) is 0 Å². The predicted molar refractivity (Wildman–Crippen MR) is 54.1 cm³/mol. The average molecular weight is 210 g/mol. The molecule has 0 aliphatic carbocycles. The van der Waals surface area contributed by atoms with Crippen LogP contribution in [0.2, 0.25) is 0 Å². The Morgan fingerprint density at radius 3 is 2.80 bits per heavy atom. The van der Waals surface area contributed by atoms with Gasteiger partial charge in [-0.2, -0.15) is 0 Å². The largest absolute Gasteiger partial charge is 0.496 e. The summed E-state index contributed by atoms with van der Waals surface area (Å²) in [4.78, 5) is 0. The molecular formula is C11H14O4. The zero-order valence-corrected chi connectivity index (χ0v) is 9.07. The van der Waals surface area contributed by atoms with Gasteiger partial charge in [0.2, 0.25) is 0 Å². The first-order valence-corrected chi connectivity index (χ1v) is 4.72. The zero-order valence-electron chi connectivity index (χ0n) is 9.07. The minimum atomic E-state index is -0.413. The summed E-state index contributed by atoms with van der Waals surface area (Å²) < 4.78 is 21.3. The van der Waals surface area contributed by atoms with Gasteiger partial charge in [0.05, 0.1) is 12.7 Å². The Morgan fingerprint density at radius 1 is 1.33 bits per heavy atom. The van der Waals surface area contributed by atoms with Crippen molar-refractivity contribution < 1.29 is 18.9 Å². The van der Waals surface area contributed by atoms with Crippen molar-refractivity contribution in [1.29, 1.82) is 0 Å². The van der Waals surface area contributed by atoms with E-state index in [4.69, 9.17) is 18.9 Å². The Kier molecular flexibility index (Phi) is 2.79. The molecule has 0 fully saturated rings. The number of hydrogen-bond acceptors (Lipinski definition) is 4. The molecular weight excluding hydrogens is 196 g/mol. The summed E-state index contributed by atoms with van der Waals surface area (Å²) in [7, 11) is 3.23. The van der Waals surface area contributed by atoms with E-state index in [1.807, 2.05) is 19.1 Å². The Morgan fingerprint density at radius 2 is 2.13 bits per heavy atom. The van der Waals surface area contributed by atoms with E-state index in [9.17, 15) is 0 Å². The van der Waals surface area contributed by atoms with Crippen LogP contribution in [-0.2, 0) is 9.47 Å². The second-order valence-corrected chi connectivity index (χ2v) is 3.32. The quantitative estimate of drug-likeness (QED) is 0.748. The van der Waals surface area contributed by atoms with E-state index in [1.54, 1.807) is 14.2 Å². The summed E-state index contributed by atoms with van der Waals surface area (Å²) in [6.07, 6.45) is -0.413. The number of rotatable bonds is 2. The molecule has 0 radical (unpaired) electrons. The highest BCUT2D eigenvalue weighted by atomic mass is 16.8. The predicted octanol–water partition coefficient (Wildman–Crippen LogP) is 2.02. The molecule has 2 rings (SSSR count). The van der Waals surface area contributed by atoms with Crippen molar-refractivity contribution in [2.45, 2.75) is 13.2 Å². The summed E-state index contributed by atoms with van der Waals surface area (Å²) in [6.45, 7) is 2.18. The van der Waals surface area contributed by atoms with Crippen LogP contribution in [0.4, 0.5) is 0 Å². The molecule has 1 aliphatic rings. The van der Waals surface area contributed by atoms with Crippen molar-refractivity contribution >= 4 is 0 Å². The van der Waals surface area contributed by atoms with Crippen molar-refractivity contribution in [2.24, 2.45) is 0 Å². The van der Waals surface area contributed by atoms with E-state index < -0.39 is 6.29 Å². The van der Waals surface area contributed by atoms with E-state index in [-0.39, 0.29) is 6.79 Å². The summed E-state index contributed by atoms with van der Waals surface area (Å²) in [5.41, 5.74) is 1.86. The number of hydrogen-bond donors (Lipinski definition) is 0. The maximum Gasteiger partial charge on any atom is 0.194 e. The molecule has 4 heteroatoms. The first kappa shape index (κ1) is 10.3. The van der Waals surface area contributed by atoms with Gasteiger partial charge >= 0.3 is 0 Å². The maximum atomic E-state index is 5.37. The van der Waals surface area contributed by atoms with Crippen molar-refractivity contribution in [3.05, 3.63) is 23.3 Å². The van der Waals surface area contributed by atoms with Gasteiger partial charge in [-0.3, -0.25) is 0 Å². The van der Waals surface area contributed by atoms with Crippen molar-refractivity contribution in [3.63, 3.8) is 0 Å². The molecule has 0 spiro atoms. The van der Waals surface area contributed by atoms with Gasteiger partial charge in [0.25, 0.3) is 0 Å². The average Bonchev–Trinajstić information content (AvgIpc) is 2.28. The molecule has 1 atom stereocenters. The monoisotopic (exact) mass is 210 g/mol. The van der Waals surface area contributed by atoms with Crippen LogP contribution in [0.15, 0.2) is 12.1 Å². The molecule has 1 aromatic rings. The molecule has 4 nitrogen and oxygen atoms in total. The Labute approximate surface area is 88.7 Å². The number of fused-ring (bicyclic) bond motifs is 1. The fourth-order valence-electron chi connectivity index (χ4n) is 1.74. The van der Waals surface area contributed by atoms with Crippen LogP contribution in [0.1, 0.15) is 17.4 Å². The van der Waals surface area contributed by atoms with E-state index in [0.717, 1.165) is 22.6 Å². The van der Waals surface area contributed by atoms with Gasteiger partial charge in [-0.25, -0.2) is 0 Å². The fourth-order valence-corrected chi connectivity index (χ4v) is 1.74. The van der Waals surface area contributed by atoms with Gasteiger partial charge in [-0.15, -0.1) is 0 Å². The summed E-state index contributed by atoms with van der Waals surface area (Å²) in [5, 5.41) is 0. The highest BCUT2D eigenvalue weighted by molar-refractivity contribution is 5.50. The Bertz CT molecular complexity index is 362. The summed E-state index contributed by atoms with van der Waals surface area (Å²) in [5.74, 6) is 1.52. The van der Waals surface area contributed by atoms with Gasteiger partial charge in [-0.05, 0) is 18.6 Å². The second kappa shape index (κ2) is 4.08. The van der Waals surface area contributed by atoms with Crippen molar-refractivity contribution in [3.8, 4) is 11.5 Å². The van der Waals surface area contributed by atoms with Gasteiger partial charge < -0.3 is 18.9 Å². The molecule has 1 heterocycles. The number of aryl methyl sites for hydroxylation is 1. The van der Waals surface area contributed by atoms with E-state index in [0.29, 0.717) is 0 Å². The van der Waals surface area contributed by atoms with Crippen LogP contribution < -0.4 is 9.47 Å². The number of benzene rings is 1. The molecule has 0 aromatic heterocycles. The van der Waals surface area contributed by atoms with Crippen LogP contribution in [0, 0.1) is 6.92 Å². The lowest BCUT2D eigenvalue weighted by Gasteiger charge is -2.27. The molecule has 0 bridgehead atoms. The Balaban J connectivity index is 2.54. The first-order chi connectivity index (χ1) is 7.27. The number of methoxy groups -OCH3 is 2. The van der Waals surface area contributed by atoms with Gasteiger partial charge in [0, 0.05) is 7.11 Å². The van der Waals surface area contributed by atoms with Crippen molar-refractivity contribution in [2.75, 3.05) is 21.0 Å². The normalized spacial score (nSPS) is 19.3. The highest BCUT2D eigenvalue weighted by Crippen LogP contribution is 2.40. The van der Waals surface area contributed by atoms with Crippen molar-refractivity contribution in [1.82, 2.24) is 0 Å². The lowest BCUT2D eigenvalue weighted by Crippen LogP contribution is -2.19. The Hall–Kier alpha value is -1.26. The third-order valence-corrected chi connectivity index (χ3v) is 2.44. The zero-order chi connectivity index (χ0) is 10.8. The molecule has 0 saturated heterocycles. The standard InChI is InChI=1S/C11H14O4/c1-7-4-5-8-9(10(7)12-2)11(13-3)15-6-14-8/h4-5,11H,6H2,1-3H3. The maximum absolute atomic E-state index is 5.37. The molecule has 1 aromatic carbocycles. The van der Waals surface area contributed by atoms with Crippen LogP contribution in [0.5, 0.6) is 11.5 Å². The molecule has 0 saturated carbocycles. The highest BCUT2D eigenvalue weighted by Gasteiger charge is 2.26. The van der Waals surface area contributed by atoms with E-state index in [1.165, 1.54) is 0 Å². The fraction of sp³-hybridized carbons (Fsp3) is 0.455. The topological polar surface area (TPSA) is 36.9 Å². The van der Waals surface area contributed by atoms with E-state index >= 15 is 0 Å². The molecule has 0 N–H and O–H groups in total. The first-order valence-electron chi connectivity index (χ1n) is 4.72. The SMILES string of the molecule is COc1c(C)ccc2c1C(OC)OCO2. The van der Waals surface area contributed by atoms with Gasteiger partial charge in [0.1, 0.15) is 11.5 Å². The summed E-state index contributed by atoms with van der Waals surface area (Å²) in [6, 6.07) is 3.86. The molecule has 82 valence electrons. The third kappa shape index (κ3) is 1.66. The minimum absolute atomic E-state index is 0.206. The number of ether oxygens (including phenoxy) is 4. The minimum Gasteiger partial charge on any atom is -0.496 e. The molecule has 1 aliphatic heterocycles. The van der Waals surface area contributed by atoms with E-state index in [2.05, 4.69) is 0 Å². The molecule has 0 amide bonds.